The van der Waals surface area contributed by atoms with E-state index in [2.05, 4.69) is 17.0 Å². The lowest BCUT2D eigenvalue weighted by atomic mass is 10.1. The van der Waals surface area contributed by atoms with Crippen LogP contribution in [0.3, 0.4) is 0 Å². The summed E-state index contributed by atoms with van der Waals surface area (Å²) in [6, 6.07) is 8.20. The fraction of sp³-hybridized carbons (Fsp3) is 0.375. The van der Waals surface area contributed by atoms with Gasteiger partial charge in [-0.25, -0.2) is 0 Å². The topological polar surface area (TPSA) is 40.6 Å². The van der Waals surface area contributed by atoms with Crippen molar-refractivity contribution < 1.29 is 9.59 Å². The molecule has 21 heavy (non-hydrogen) atoms. The zero-order valence-corrected chi connectivity index (χ0v) is 12.9. The van der Waals surface area contributed by atoms with E-state index in [4.69, 9.17) is 0 Å². The Morgan fingerprint density at radius 2 is 1.71 bits per heavy atom. The van der Waals surface area contributed by atoms with Gasteiger partial charge in [0.25, 0.3) is 11.1 Å². The Hall–Kier alpha value is -1.75. The van der Waals surface area contributed by atoms with E-state index in [1.165, 1.54) is 32.0 Å². The van der Waals surface area contributed by atoms with Crippen LogP contribution < -0.4 is 4.90 Å². The van der Waals surface area contributed by atoms with Crippen LogP contribution in [0.25, 0.3) is 6.08 Å². The van der Waals surface area contributed by atoms with Crippen molar-refractivity contribution in [1.29, 1.82) is 0 Å². The first kappa shape index (κ1) is 14.2. The summed E-state index contributed by atoms with van der Waals surface area (Å²) in [6.45, 7) is 2.24. The molecule has 0 unspecified atom stereocenters. The van der Waals surface area contributed by atoms with Crippen LogP contribution in [0.1, 0.15) is 24.8 Å². The number of piperidine rings is 1. The van der Waals surface area contributed by atoms with Crippen LogP contribution in [0.5, 0.6) is 0 Å². The van der Waals surface area contributed by atoms with Crippen molar-refractivity contribution in [3.63, 3.8) is 0 Å². The highest BCUT2D eigenvalue weighted by Crippen LogP contribution is 2.31. The van der Waals surface area contributed by atoms with Gasteiger partial charge >= 0.3 is 0 Å². The molecule has 0 bridgehead atoms. The molecule has 110 valence electrons. The average molecular weight is 302 g/mol. The number of hydrogen-bond donors (Lipinski definition) is 0. The van der Waals surface area contributed by atoms with Crippen LogP contribution in [0, 0.1) is 0 Å². The minimum Gasteiger partial charge on any atom is -0.372 e. The lowest BCUT2D eigenvalue weighted by Gasteiger charge is -2.28. The number of nitrogens with zero attached hydrogens (tertiary/aromatic N) is 2. The Morgan fingerprint density at radius 1 is 1.05 bits per heavy atom. The van der Waals surface area contributed by atoms with Crippen LogP contribution in [0.2, 0.25) is 0 Å². The van der Waals surface area contributed by atoms with Gasteiger partial charge in [0.15, 0.2) is 0 Å². The van der Waals surface area contributed by atoms with Gasteiger partial charge in [0.1, 0.15) is 0 Å². The van der Waals surface area contributed by atoms with E-state index in [-0.39, 0.29) is 11.1 Å². The van der Waals surface area contributed by atoms with Crippen LogP contribution >= 0.6 is 11.8 Å². The Balaban J connectivity index is 1.75. The molecular weight excluding hydrogens is 284 g/mol. The molecule has 3 rings (SSSR count). The summed E-state index contributed by atoms with van der Waals surface area (Å²) in [4.78, 5) is 27.3. The fourth-order valence-corrected chi connectivity index (χ4v) is 3.46. The molecule has 2 aliphatic heterocycles. The fourth-order valence-electron chi connectivity index (χ4n) is 2.63. The maximum Gasteiger partial charge on any atom is 0.293 e. The lowest BCUT2D eigenvalue weighted by molar-refractivity contribution is -0.121. The number of benzene rings is 1. The molecule has 2 fully saturated rings. The summed E-state index contributed by atoms with van der Waals surface area (Å²) in [5.74, 6) is -0.217. The number of imide groups is 1. The van der Waals surface area contributed by atoms with Crippen molar-refractivity contribution in [2.24, 2.45) is 0 Å². The molecule has 1 aromatic carbocycles. The number of carbonyl (C=O) groups excluding carboxylic acids is 2. The summed E-state index contributed by atoms with van der Waals surface area (Å²) in [7, 11) is 1.51. The Labute approximate surface area is 128 Å². The van der Waals surface area contributed by atoms with Crippen molar-refractivity contribution in [3.8, 4) is 0 Å². The second-order valence-corrected chi connectivity index (χ2v) is 6.37. The SMILES string of the molecule is CN1C(=O)S/C(=C/c2ccc(N3CCCCC3)cc2)C1=O. The minimum atomic E-state index is -0.217. The molecule has 2 saturated heterocycles. The largest absolute Gasteiger partial charge is 0.372 e. The van der Waals surface area contributed by atoms with Crippen molar-refractivity contribution in [2.75, 3.05) is 25.0 Å². The standard InChI is InChI=1S/C16H18N2O2S/c1-17-15(19)14(21-16(17)20)11-12-5-7-13(8-6-12)18-9-3-2-4-10-18/h5-8,11H,2-4,9-10H2,1H3/b14-11+. The Bertz CT molecular complexity index is 589. The number of amides is 2. The number of hydrogen-bond acceptors (Lipinski definition) is 4. The molecular formula is C16H18N2O2S. The van der Waals surface area contributed by atoms with Crippen LogP contribution in [0.15, 0.2) is 29.2 Å². The molecule has 0 saturated carbocycles. The third kappa shape index (κ3) is 2.97. The van der Waals surface area contributed by atoms with Gasteiger partial charge in [-0.15, -0.1) is 0 Å². The third-order valence-corrected chi connectivity index (χ3v) is 4.86. The molecule has 0 N–H and O–H groups in total. The van der Waals surface area contributed by atoms with Crippen LogP contribution in [-0.2, 0) is 4.79 Å². The normalized spacial score (nSPS) is 21.5. The van der Waals surface area contributed by atoms with Crippen molar-refractivity contribution in [3.05, 3.63) is 34.7 Å². The van der Waals surface area contributed by atoms with Gasteiger partial charge in [-0.05, 0) is 54.8 Å². The van der Waals surface area contributed by atoms with E-state index < -0.39 is 0 Å². The quantitative estimate of drug-likeness (QED) is 0.786. The summed E-state index contributed by atoms with van der Waals surface area (Å²) >= 11 is 0.997. The zero-order chi connectivity index (χ0) is 14.8. The first-order valence-corrected chi connectivity index (χ1v) is 8.03. The molecule has 2 amide bonds. The second kappa shape index (κ2) is 5.93. The highest BCUT2D eigenvalue weighted by molar-refractivity contribution is 8.18. The van der Waals surface area contributed by atoms with Crippen molar-refractivity contribution >= 4 is 34.7 Å². The maximum atomic E-state index is 11.8. The van der Waals surface area contributed by atoms with E-state index in [1.54, 1.807) is 6.08 Å². The average Bonchev–Trinajstić information content (AvgIpc) is 2.76. The molecule has 0 radical (unpaired) electrons. The third-order valence-electron chi connectivity index (χ3n) is 3.90. The summed E-state index contributed by atoms with van der Waals surface area (Å²) in [6.07, 6.45) is 5.62. The highest BCUT2D eigenvalue weighted by Gasteiger charge is 2.31. The first-order valence-electron chi connectivity index (χ1n) is 7.22. The molecule has 1 aromatic rings. The van der Waals surface area contributed by atoms with Crippen LogP contribution in [0.4, 0.5) is 10.5 Å². The van der Waals surface area contributed by atoms with E-state index in [0.29, 0.717) is 4.91 Å². The summed E-state index contributed by atoms with van der Waals surface area (Å²) in [5.41, 5.74) is 2.19. The number of likely N-dealkylation sites (N-methyl/N-ethyl adjacent to an activating group) is 1. The van der Waals surface area contributed by atoms with Gasteiger partial charge in [0.05, 0.1) is 4.91 Å². The smallest absolute Gasteiger partial charge is 0.293 e. The predicted octanol–water partition coefficient (Wildman–Crippen LogP) is 3.34. The van der Waals surface area contributed by atoms with Gasteiger partial charge in [-0.3, -0.25) is 14.5 Å². The van der Waals surface area contributed by atoms with Gasteiger partial charge in [0.2, 0.25) is 0 Å². The van der Waals surface area contributed by atoms with Gasteiger partial charge in [0, 0.05) is 25.8 Å². The summed E-state index contributed by atoms with van der Waals surface area (Å²) in [5, 5.41) is -0.212. The molecule has 0 spiro atoms. The number of rotatable bonds is 2. The maximum absolute atomic E-state index is 11.8. The number of anilines is 1. The molecule has 0 aliphatic carbocycles. The second-order valence-electron chi connectivity index (χ2n) is 5.38. The molecule has 2 aliphatic rings. The zero-order valence-electron chi connectivity index (χ0n) is 12.0. The molecule has 5 heteroatoms. The predicted molar refractivity (Wildman–Crippen MR) is 86.2 cm³/mol. The van der Waals surface area contributed by atoms with E-state index in [0.717, 1.165) is 35.3 Å². The highest BCUT2D eigenvalue weighted by atomic mass is 32.2. The monoisotopic (exact) mass is 302 g/mol. The molecule has 0 atom stereocenters. The van der Waals surface area contributed by atoms with Crippen molar-refractivity contribution in [1.82, 2.24) is 4.90 Å². The van der Waals surface area contributed by atoms with Gasteiger partial charge in [-0.1, -0.05) is 12.1 Å². The van der Waals surface area contributed by atoms with Gasteiger partial charge in [-0.2, -0.15) is 0 Å². The lowest BCUT2D eigenvalue weighted by Crippen LogP contribution is -2.29. The van der Waals surface area contributed by atoms with Crippen molar-refractivity contribution in [2.45, 2.75) is 19.3 Å². The summed E-state index contributed by atoms with van der Waals surface area (Å²) < 4.78 is 0. The molecule has 0 aromatic heterocycles. The van der Waals surface area contributed by atoms with E-state index in [1.807, 2.05) is 12.1 Å². The number of thioether (sulfide) groups is 1. The number of carbonyl (C=O) groups is 2. The van der Waals surface area contributed by atoms with Gasteiger partial charge < -0.3 is 4.90 Å². The van der Waals surface area contributed by atoms with Crippen LogP contribution in [-0.4, -0.2) is 36.2 Å². The van der Waals surface area contributed by atoms with E-state index >= 15 is 0 Å². The molecule has 4 nitrogen and oxygen atoms in total. The molecule has 2 heterocycles. The van der Waals surface area contributed by atoms with E-state index in [9.17, 15) is 9.59 Å². The first-order chi connectivity index (χ1) is 10.1. The Kier molecular flexibility index (Phi) is 4.01. The minimum absolute atomic E-state index is 0.212. The Morgan fingerprint density at radius 3 is 2.29 bits per heavy atom.